The van der Waals surface area contributed by atoms with Crippen molar-refractivity contribution in [2.75, 3.05) is 0 Å². The van der Waals surface area contributed by atoms with E-state index in [1.165, 1.54) is 0 Å². The summed E-state index contributed by atoms with van der Waals surface area (Å²) in [6.45, 7) is 0. The van der Waals surface area contributed by atoms with Crippen molar-refractivity contribution in [2.24, 2.45) is 0 Å². The fraction of sp³-hybridized carbons (Fsp3) is 0.0400. The first-order valence-electron chi connectivity index (χ1n) is 10.0. The summed E-state index contributed by atoms with van der Waals surface area (Å²) in [7, 11) is -8.15. The molecule has 0 spiro atoms. The van der Waals surface area contributed by atoms with Gasteiger partial charge in [-0.15, -0.1) is 0 Å². The third-order valence-electron chi connectivity index (χ3n) is 4.75. The molecule has 0 amide bonds. The van der Waals surface area contributed by atoms with Crippen molar-refractivity contribution in [3.05, 3.63) is 115 Å². The van der Waals surface area contributed by atoms with Crippen LogP contribution < -0.4 is 0 Å². The predicted octanol–water partition coefficient (Wildman–Crippen LogP) is 8.06. The van der Waals surface area contributed by atoms with E-state index >= 15 is 0 Å². The molecule has 0 aliphatic rings. The summed E-state index contributed by atoms with van der Waals surface area (Å²) in [4.78, 5) is 1.25. The van der Waals surface area contributed by atoms with Gasteiger partial charge in [0, 0.05) is 14.7 Å². The highest BCUT2D eigenvalue weighted by molar-refractivity contribution is 8.93. The van der Waals surface area contributed by atoms with Crippen LogP contribution in [0.25, 0.3) is 11.1 Å². The molecule has 176 valence electrons. The monoisotopic (exact) mass is 520 g/mol. The van der Waals surface area contributed by atoms with Gasteiger partial charge in [-0.3, -0.25) is 0 Å². The van der Waals surface area contributed by atoms with E-state index in [1.807, 2.05) is 42.5 Å². The Morgan fingerprint density at radius 1 is 0.588 bits per heavy atom. The number of benzene rings is 4. The second-order valence-electron chi connectivity index (χ2n) is 7.07. The van der Waals surface area contributed by atoms with Crippen molar-refractivity contribution in [2.45, 2.75) is 20.2 Å². The Morgan fingerprint density at radius 3 is 1.44 bits per heavy atom. The van der Waals surface area contributed by atoms with Crippen LogP contribution in [-0.4, -0.2) is 13.9 Å². The Labute approximate surface area is 201 Å². The Kier molecular flexibility index (Phi) is 7.09. The molecule has 0 atom stereocenters. The summed E-state index contributed by atoms with van der Waals surface area (Å²) in [5.74, 6) is 0. The highest BCUT2D eigenvalue weighted by Crippen LogP contribution is 2.75. The first-order valence-corrected chi connectivity index (χ1v) is 14.3. The van der Waals surface area contributed by atoms with Gasteiger partial charge >= 0.3 is 15.6 Å². The van der Waals surface area contributed by atoms with Crippen LogP contribution in [0.3, 0.4) is 0 Å². The lowest BCUT2D eigenvalue weighted by atomic mass is 10.1. The molecule has 0 aromatic heterocycles. The highest BCUT2D eigenvalue weighted by Gasteiger charge is 2.52. The maximum absolute atomic E-state index is 13.5. The molecule has 3 nitrogen and oxygen atoms in total. The Morgan fingerprint density at radius 2 is 1.00 bits per heavy atom. The van der Waals surface area contributed by atoms with Gasteiger partial charge in [-0.1, -0.05) is 78.9 Å². The molecule has 4 rings (SSSR count). The Hall–Kier alpha value is -2.72. The Balaban J connectivity index is 1.85. The molecule has 0 aliphatic carbocycles. The zero-order valence-electron chi connectivity index (χ0n) is 17.6. The zero-order chi connectivity index (χ0) is 24.2. The SMILES string of the molecule is O=S(=O)(OS(Sc1ccc(-c2ccccc2)cc1)(c1ccccc1)c1ccccc1)C(F)(F)F. The van der Waals surface area contributed by atoms with Gasteiger partial charge in [0.25, 0.3) is 0 Å². The first kappa shape index (κ1) is 24.4. The fourth-order valence-corrected chi connectivity index (χ4v) is 10.5. The number of halogens is 3. The van der Waals surface area contributed by atoms with Crippen LogP contribution in [0.2, 0.25) is 0 Å². The van der Waals surface area contributed by atoms with E-state index in [1.54, 1.807) is 72.8 Å². The molecule has 0 unspecified atom stereocenters. The standard InChI is InChI=1S/C25H19F3O3S3/c26-25(27,28)34(29,30)31-33(23-12-6-2-7-13-23,24-14-8-3-9-15-24)32-22-18-16-21(17-19-22)20-10-4-1-5-11-20/h1-19H. The average Bonchev–Trinajstić information content (AvgIpc) is 2.85. The summed E-state index contributed by atoms with van der Waals surface area (Å²) < 4.78 is 70.2. The lowest BCUT2D eigenvalue weighted by Crippen LogP contribution is -2.26. The minimum Gasteiger partial charge on any atom is -0.194 e. The van der Waals surface area contributed by atoms with Gasteiger partial charge < -0.3 is 0 Å². The van der Waals surface area contributed by atoms with E-state index in [2.05, 4.69) is 0 Å². The van der Waals surface area contributed by atoms with E-state index in [9.17, 15) is 21.6 Å². The molecule has 4 aromatic carbocycles. The minimum atomic E-state index is -5.91. The van der Waals surface area contributed by atoms with Crippen molar-refractivity contribution in [3.63, 3.8) is 0 Å². The molecule has 0 aliphatic heterocycles. The summed E-state index contributed by atoms with van der Waals surface area (Å²) in [6.07, 6.45) is 0. The average molecular weight is 521 g/mol. The van der Waals surface area contributed by atoms with Gasteiger partial charge in [-0.25, -0.2) is 0 Å². The van der Waals surface area contributed by atoms with Crippen molar-refractivity contribution in [1.29, 1.82) is 0 Å². The second-order valence-corrected chi connectivity index (χ2v) is 13.5. The molecular formula is C25H19F3O3S3. The third kappa shape index (κ3) is 5.17. The maximum Gasteiger partial charge on any atom is 0.524 e. The molecule has 0 saturated carbocycles. The van der Waals surface area contributed by atoms with Crippen molar-refractivity contribution < 1.29 is 25.2 Å². The predicted molar refractivity (Wildman–Crippen MR) is 131 cm³/mol. The summed E-state index contributed by atoms with van der Waals surface area (Å²) >= 11 is 0. The minimum absolute atomic E-state index is 0.339. The van der Waals surface area contributed by atoms with E-state index in [0.717, 1.165) is 21.9 Å². The molecule has 34 heavy (non-hydrogen) atoms. The van der Waals surface area contributed by atoms with Crippen LogP contribution in [0.15, 0.2) is 130 Å². The summed E-state index contributed by atoms with van der Waals surface area (Å²) in [5.41, 5.74) is -3.65. The molecule has 0 N–H and O–H groups in total. The molecule has 0 radical (unpaired) electrons. The Bertz CT molecular complexity index is 1290. The lowest BCUT2D eigenvalue weighted by Gasteiger charge is -2.38. The summed E-state index contributed by atoms with van der Waals surface area (Å²) in [5, 5.41) is 0. The summed E-state index contributed by atoms with van der Waals surface area (Å²) in [6, 6.07) is 33.1. The number of alkyl halides is 3. The van der Waals surface area contributed by atoms with Crippen molar-refractivity contribution in [3.8, 4) is 11.1 Å². The second kappa shape index (κ2) is 9.87. The number of hydrogen-bond acceptors (Lipinski definition) is 4. The first-order chi connectivity index (χ1) is 16.2. The molecule has 4 aromatic rings. The molecular weight excluding hydrogens is 501 g/mol. The largest absolute Gasteiger partial charge is 0.524 e. The van der Waals surface area contributed by atoms with E-state index in [4.69, 9.17) is 3.63 Å². The topological polar surface area (TPSA) is 43.4 Å². The van der Waals surface area contributed by atoms with Gasteiger partial charge in [0.05, 0.1) is 0 Å². The highest BCUT2D eigenvalue weighted by atomic mass is 33.2. The third-order valence-corrected chi connectivity index (χ3v) is 12.2. The van der Waals surface area contributed by atoms with E-state index < -0.39 is 25.0 Å². The zero-order valence-corrected chi connectivity index (χ0v) is 20.0. The van der Waals surface area contributed by atoms with Gasteiger partial charge in [0.15, 0.2) is 0 Å². The van der Waals surface area contributed by atoms with Crippen molar-refractivity contribution in [1.82, 2.24) is 0 Å². The van der Waals surface area contributed by atoms with Crippen LogP contribution in [0.4, 0.5) is 13.2 Å². The van der Waals surface area contributed by atoms with Gasteiger partial charge in [0.2, 0.25) is 0 Å². The van der Waals surface area contributed by atoms with Crippen LogP contribution in [0.1, 0.15) is 0 Å². The van der Waals surface area contributed by atoms with E-state index in [-0.39, 0.29) is 0 Å². The molecule has 0 bridgehead atoms. The lowest BCUT2D eigenvalue weighted by molar-refractivity contribution is -0.0495. The van der Waals surface area contributed by atoms with Gasteiger partial charge in [-0.2, -0.15) is 25.2 Å². The molecule has 0 heterocycles. The van der Waals surface area contributed by atoms with Crippen LogP contribution in [-0.2, 0) is 13.7 Å². The smallest absolute Gasteiger partial charge is 0.194 e. The molecule has 9 heteroatoms. The van der Waals surface area contributed by atoms with Crippen molar-refractivity contribution >= 4 is 30.3 Å². The number of hydrogen-bond donors (Lipinski definition) is 0. The fourth-order valence-electron chi connectivity index (χ4n) is 3.16. The van der Waals surface area contributed by atoms with E-state index in [0.29, 0.717) is 14.7 Å². The van der Waals surface area contributed by atoms with Gasteiger partial charge in [0.1, 0.15) is 0 Å². The van der Waals surface area contributed by atoms with Crippen LogP contribution >= 0.6 is 20.1 Å². The quantitative estimate of drug-likeness (QED) is 0.183. The van der Waals surface area contributed by atoms with Crippen LogP contribution in [0.5, 0.6) is 0 Å². The normalized spacial score (nSPS) is 12.9. The maximum atomic E-state index is 13.5. The van der Waals surface area contributed by atoms with Gasteiger partial charge in [-0.05, 0) is 67.7 Å². The number of rotatable bonds is 7. The molecule has 0 fully saturated rings. The molecule has 0 saturated heterocycles. The van der Waals surface area contributed by atoms with Crippen LogP contribution in [0, 0.1) is 0 Å².